The number of carbonyl (C=O) groups excluding carboxylic acids is 1. The van der Waals surface area contributed by atoms with Crippen LogP contribution in [-0.4, -0.2) is 50.3 Å². The molecule has 0 saturated carbocycles. The van der Waals surface area contributed by atoms with E-state index in [9.17, 15) is 9.18 Å². The molecule has 180 valence electrons. The number of nitrogens with zero attached hydrogens (tertiary/aromatic N) is 5. The lowest BCUT2D eigenvalue weighted by molar-refractivity contribution is -0.127. The van der Waals surface area contributed by atoms with Gasteiger partial charge in [-0.2, -0.15) is 0 Å². The van der Waals surface area contributed by atoms with Crippen LogP contribution in [0, 0.1) is 19.7 Å². The molecule has 0 N–H and O–H groups in total. The SMILES string of the molecule is Cc1cn(-c2ccc(/C=C3/C(=O)N4C(=NC3(C)C)N(C)CCC4c3ccc(F)cc3)cc2C)cn1. The van der Waals surface area contributed by atoms with Crippen molar-refractivity contribution in [3.8, 4) is 5.69 Å². The van der Waals surface area contributed by atoms with E-state index >= 15 is 0 Å². The summed E-state index contributed by atoms with van der Waals surface area (Å²) in [5, 5.41) is 0. The van der Waals surface area contributed by atoms with Crippen molar-refractivity contribution in [3.63, 3.8) is 0 Å². The zero-order valence-electron chi connectivity index (χ0n) is 20.8. The Bertz CT molecular complexity index is 1350. The predicted octanol–water partition coefficient (Wildman–Crippen LogP) is 5.07. The van der Waals surface area contributed by atoms with Gasteiger partial charge in [-0.3, -0.25) is 9.69 Å². The number of amides is 1. The minimum Gasteiger partial charge on any atom is -0.345 e. The molecule has 0 bridgehead atoms. The zero-order valence-corrected chi connectivity index (χ0v) is 20.8. The van der Waals surface area contributed by atoms with Gasteiger partial charge in [-0.05, 0) is 81.1 Å². The first-order chi connectivity index (χ1) is 16.6. The molecule has 1 aromatic heterocycles. The molecular weight excluding hydrogens is 441 g/mol. The Morgan fingerprint density at radius 3 is 2.51 bits per heavy atom. The Balaban J connectivity index is 1.55. The van der Waals surface area contributed by atoms with Crippen LogP contribution < -0.4 is 0 Å². The Kier molecular flexibility index (Phi) is 5.58. The summed E-state index contributed by atoms with van der Waals surface area (Å²) in [6.45, 7) is 8.75. The highest BCUT2D eigenvalue weighted by atomic mass is 19.1. The first-order valence-electron chi connectivity index (χ1n) is 11.9. The lowest BCUT2D eigenvalue weighted by atomic mass is 9.87. The Hall–Kier alpha value is -3.74. The lowest BCUT2D eigenvalue weighted by Gasteiger charge is -2.47. The third kappa shape index (κ3) is 4.16. The largest absolute Gasteiger partial charge is 0.345 e. The number of hydrogen-bond donors (Lipinski definition) is 0. The van der Waals surface area contributed by atoms with Gasteiger partial charge in [0.05, 0.1) is 23.6 Å². The number of benzene rings is 2. The molecule has 0 spiro atoms. The molecule has 2 aliphatic rings. The fourth-order valence-electron chi connectivity index (χ4n) is 4.96. The molecule has 3 heterocycles. The molecule has 3 aromatic rings. The smallest absolute Gasteiger partial charge is 0.259 e. The van der Waals surface area contributed by atoms with E-state index in [1.165, 1.54) is 12.1 Å². The predicted molar refractivity (Wildman–Crippen MR) is 136 cm³/mol. The molecule has 1 saturated heterocycles. The molecule has 1 fully saturated rings. The zero-order chi connectivity index (χ0) is 24.9. The second-order valence-electron chi connectivity index (χ2n) is 9.95. The number of fused-ring (bicyclic) bond motifs is 1. The van der Waals surface area contributed by atoms with E-state index in [2.05, 4.69) is 18.0 Å². The Morgan fingerprint density at radius 1 is 1.11 bits per heavy atom. The number of aromatic nitrogens is 2. The normalized spacial score (nSPS) is 20.7. The Morgan fingerprint density at radius 2 is 1.86 bits per heavy atom. The van der Waals surface area contributed by atoms with Crippen LogP contribution in [0.25, 0.3) is 11.8 Å². The van der Waals surface area contributed by atoms with Crippen molar-refractivity contribution in [1.82, 2.24) is 19.4 Å². The summed E-state index contributed by atoms with van der Waals surface area (Å²) in [7, 11) is 1.96. The highest BCUT2D eigenvalue weighted by molar-refractivity contribution is 6.12. The van der Waals surface area contributed by atoms with Gasteiger partial charge in [-0.1, -0.05) is 18.2 Å². The minimum atomic E-state index is -0.685. The van der Waals surface area contributed by atoms with Gasteiger partial charge in [0.15, 0.2) is 0 Å². The molecule has 7 heteroatoms. The summed E-state index contributed by atoms with van der Waals surface area (Å²) in [5.41, 5.74) is 4.91. The highest BCUT2D eigenvalue weighted by Crippen LogP contribution is 2.38. The summed E-state index contributed by atoms with van der Waals surface area (Å²) in [6.07, 6.45) is 6.50. The van der Waals surface area contributed by atoms with E-state index in [1.807, 2.05) is 68.0 Å². The fraction of sp³-hybridized carbons (Fsp3) is 0.321. The van der Waals surface area contributed by atoms with Crippen molar-refractivity contribution in [2.45, 2.75) is 45.7 Å². The maximum absolute atomic E-state index is 14.0. The van der Waals surface area contributed by atoms with Gasteiger partial charge in [-0.25, -0.2) is 14.4 Å². The van der Waals surface area contributed by atoms with Gasteiger partial charge in [0.2, 0.25) is 5.96 Å². The monoisotopic (exact) mass is 471 g/mol. The van der Waals surface area contributed by atoms with Gasteiger partial charge in [-0.15, -0.1) is 0 Å². The minimum absolute atomic E-state index is 0.0622. The second kappa shape index (κ2) is 8.48. The van der Waals surface area contributed by atoms with Crippen molar-refractivity contribution < 1.29 is 9.18 Å². The number of carbonyl (C=O) groups is 1. The first-order valence-corrected chi connectivity index (χ1v) is 11.9. The number of imidazole rings is 1. The van der Waals surface area contributed by atoms with E-state index in [0.717, 1.165) is 41.0 Å². The van der Waals surface area contributed by atoms with Crippen LogP contribution in [0.4, 0.5) is 4.39 Å². The molecule has 1 amide bonds. The number of aryl methyl sites for hydroxylation is 2. The molecule has 35 heavy (non-hydrogen) atoms. The van der Waals surface area contributed by atoms with Crippen LogP contribution in [0.1, 0.15) is 48.7 Å². The molecule has 0 radical (unpaired) electrons. The third-order valence-electron chi connectivity index (χ3n) is 6.87. The third-order valence-corrected chi connectivity index (χ3v) is 6.87. The molecule has 2 aromatic carbocycles. The molecule has 5 rings (SSSR count). The van der Waals surface area contributed by atoms with Crippen LogP contribution in [0.2, 0.25) is 0 Å². The highest BCUT2D eigenvalue weighted by Gasteiger charge is 2.45. The summed E-state index contributed by atoms with van der Waals surface area (Å²) in [4.78, 5) is 27.2. The molecule has 1 atom stereocenters. The molecule has 6 nitrogen and oxygen atoms in total. The number of aliphatic imine (C=N–C) groups is 1. The average molecular weight is 472 g/mol. The summed E-state index contributed by atoms with van der Waals surface area (Å²) in [6, 6.07) is 12.4. The quantitative estimate of drug-likeness (QED) is 0.502. The van der Waals surface area contributed by atoms with Crippen LogP contribution in [-0.2, 0) is 4.79 Å². The van der Waals surface area contributed by atoms with Gasteiger partial charge < -0.3 is 9.47 Å². The number of guanidine groups is 1. The lowest BCUT2D eigenvalue weighted by Crippen LogP contribution is -2.58. The molecule has 0 aliphatic carbocycles. The van der Waals surface area contributed by atoms with Crippen molar-refractivity contribution >= 4 is 17.9 Å². The maximum atomic E-state index is 14.0. The summed E-state index contributed by atoms with van der Waals surface area (Å²) in [5.74, 6) is 0.319. The van der Waals surface area contributed by atoms with Gasteiger partial charge in [0.1, 0.15) is 5.82 Å². The molecule has 1 unspecified atom stereocenters. The molecule has 2 aliphatic heterocycles. The van der Waals surface area contributed by atoms with Crippen LogP contribution >= 0.6 is 0 Å². The number of rotatable bonds is 3. The topological polar surface area (TPSA) is 53.7 Å². The second-order valence-corrected chi connectivity index (χ2v) is 9.95. The summed E-state index contributed by atoms with van der Waals surface area (Å²) < 4.78 is 15.6. The van der Waals surface area contributed by atoms with Gasteiger partial charge >= 0.3 is 0 Å². The van der Waals surface area contributed by atoms with E-state index in [4.69, 9.17) is 4.99 Å². The summed E-state index contributed by atoms with van der Waals surface area (Å²) >= 11 is 0. The van der Waals surface area contributed by atoms with Crippen molar-refractivity contribution in [2.24, 2.45) is 4.99 Å². The standard InChI is InChI=1S/C28H30FN5O/c1-18-14-20(6-11-24(18)33-16-19(2)30-17-33)15-23-26(35)34-25(21-7-9-22(29)10-8-21)12-13-32(5)27(34)31-28(23,3)4/h6-11,14-17,25H,12-13H2,1-5H3/b23-15-. The maximum Gasteiger partial charge on any atom is 0.259 e. The van der Waals surface area contributed by atoms with Crippen molar-refractivity contribution in [2.75, 3.05) is 13.6 Å². The first kappa shape index (κ1) is 23.0. The molecular formula is C28H30FN5O. The number of halogens is 1. The van der Waals surface area contributed by atoms with E-state index < -0.39 is 5.54 Å². The van der Waals surface area contributed by atoms with E-state index in [0.29, 0.717) is 11.5 Å². The van der Waals surface area contributed by atoms with Crippen LogP contribution in [0.15, 0.2) is 65.6 Å². The average Bonchev–Trinajstić information content (AvgIpc) is 3.24. The Labute approximate surface area is 205 Å². The van der Waals surface area contributed by atoms with Crippen molar-refractivity contribution in [1.29, 1.82) is 0 Å². The van der Waals surface area contributed by atoms with E-state index in [1.54, 1.807) is 17.0 Å². The van der Waals surface area contributed by atoms with Gasteiger partial charge in [0, 0.05) is 31.0 Å². The number of hydrogen-bond acceptors (Lipinski definition) is 4. The van der Waals surface area contributed by atoms with Crippen LogP contribution in [0.3, 0.4) is 0 Å². The van der Waals surface area contributed by atoms with Crippen molar-refractivity contribution in [3.05, 3.63) is 88.8 Å². The van der Waals surface area contributed by atoms with E-state index in [-0.39, 0.29) is 17.8 Å². The van der Waals surface area contributed by atoms with Crippen LogP contribution in [0.5, 0.6) is 0 Å². The van der Waals surface area contributed by atoms with Gasteiger partial charge in [0.25, 0.3) is 5.91 Å². The fourth-order valence-corrected chi connectivity index (χ4v) is 4.96.